The molecule has 2 aliphatic heterocycles. The maximum Gasteiger partial charge on any atom is 0.394 e. The summed E-state index contributed by atoms with van der Waals surface area (Å²) >= 11 is 0.848. The summed E-state index contributed by atoms with van der Waals surface area (Å²) in [6.45, 7) is -0.0463. The second-order valence-corrected chi connectivity index (χ2v) is 7.50. The van der Waals surface area contributed by atoms with Crippen LogP contribution >= 0.6 is 11.3 Å². The summed E-state index contributed by atoms with van der Waals surface area (Å²) in [6.07, 6.45) is 0.796. The van der Waals surface area contributed by atoms with E-state index in [1.807, 2.05) is 0 Å². The molecule has 11 nitrogen and oxygen atoms in total. The number of hydrogen-bond acceptors (Lipinski definition) is 8. The molecule has 2 aromatic heterocycles. The number of pyridine rings is 1. The van der Waals surface area contributed by atoms with E-state index in [-0.39, 0.29) is 41.4 Å². The Balaban J connectivity index is 1.67. The first kappa shape index (κ1) is 19.7. The molecule has 2 aromatic rings. The van der Waals surface area contributed by atoms with Crippen molar-refractivity contribution in [2.24, 2.45) is 0 Å². The van der Waals surface area contributed by atoms with Crippen molar-refractivity contribution in [3.8, 4) is 0 Å². The van der Waals surface area contributed by atoms with Crippen molar-refractivity contribution in [2.45, 2.75) is 12.5 Å². The van der Waals surface area contributed by atoms with Gasteiger partial charge in [0.1, 0.15) is 16.8 Å². The Kier molecular flexibility index (Phi) is 4.79. The maximum absolute atomic E-state index is 12.6. The lowest BCUT2D eigenvalue weighted by Crippen LogP contribution is -2.36. The van der Waals surface area contributed by atoms with E-state index >= 15 is 0 Å². The second kappa shape index (κ2) is 7.31. The minimum atomic E-state index is -1.76. The molecule has 2 aliphatic rings. The third-order valence-corrected chi connectivity index (χ3v) is 5.96. The number of aromatic carboxylic acids is 1. The number of thiophene rings is 1. The number of carboxylic acid groups (broad SMARTS) is 2. The van der Waals surface area contributed by atoms with Crippen LogP contribution in [0.25, 0.3) is 0 Å². The molecule has 0 bridgehead atoms. The van der Waals surface area contributed by atoms with Gasteiger partial charge in [-0.25, -0.2) is 9.59 Å². The Morgan fingerprint density at radius 2 is 2.03 bits per heavy atom. The number of carbonyl (C=O) groups is 5. The summed E-state index contributed by atoms with van der Waals surface area (Å²) in [5, 5.41) is 20.3. The van der Waals surface area contributed by atoms with Gasteiger partial charge in [0.25, 0.3) is 11.8 Å². The summed E-state index contributed by atoms with van der Waals surface area (Å²) in [5.74, 6) is -5.59. The van der Waals surface area contributed by atoms with Gasteiger partial charge in [0.2, 0.25) is 0 Å². The lowest BCUT2D eigenvalue weighted by Gasteiger charge is -2.26. The molecule has 0 saturated carbocycles. The van der Waals surface area contributed by atoms with Gasteiger partial charge in [-0.3, -0.25) is 24.3 Å². The normalized spacial score (nSPS) is 17.5. The first-order chi connectivity index (χ1) is 14.3. The molecule has 0 fully saturated rings. The molecule has 0 aliphatic carbocycles. The number of nitrogens with one attached hydrogen (secondary N) is 1. The number of hydrogen-bond donors (Lipinski definition) is 3. The highest BCUT2D eigenvalue weighted by atomic mass is 32.1. The fourth-order valence-electron chi connectivity index (χ4n) is 3.42. The van der Waals surface area contributed by atoms with E-state index in [2.05, 4.69) is 10.3 Å². The lowest BCUT2D eigenvalue weighted by molar-refractivity contribution is -0.147. The van der Waals surface area contributed by atoms with Crippen molar-refractivity contribution in [1.29, 1.82) is 0 Å². The average molecular weight is 431 g/mol. The summed E-state index contributed by atoms with van der Waals surface area (Å²) < 4.78 is 5.68. The highest BCUT2D eigenvalue weighted by Gasteiger charge is 2.40. The molecular weight excluding hydrogens is 418 g/mol. The number of aliphatic carboxylic acids is 1. The molecule has 3 N–H and O–H groups in total. The van der Waals surface area contributed by atoms with Crippen LogP contribution in [0, 0.1) is 0 Å². The summed E-state index contributed by atoms with van der Waals surface area (Å²) in [6, 6.07) is 3.03. The Hall–Kier alpha value is -3.64. The van der Waals surface area contributed by atoms with Gasteiger partial charge in [-0.1, -0.05) is 0 Å². The zero-order chi connectivity index (χ0) is 21.6. The van der Waals surface area contributed by atoms with Gasteiger partial charge in [-0.15, -0.1) is 11.3 Å². The van der Waals surface area contributed by atoms with E-state index < -0.39 is 35.8 Å². The smallest absolute Gasteiger partial charge is 0.394 e. The number of carbonyl (C=O) groups excluding carboxylic acids is 3. The number of carboxylic acids is 2. The highest BCUT2D eigenvalue weighted by molar-refractivity contribution is 7.17. The molecule has 3 amide bonds. The van der Waals surface area contributed by atoms with Crippen LogP contribution in [0.2, 0.25) is 0 Å². The third kappa shape index (κ3) is 3.11. The van der Waals surface area contributed by atoms with Gasteiger partial charge < -0.3 is 20.3 Å². The Morgan fingerprint density at radius 3 is 2.70 bits per heavy atom. The van der Waals surface area contributed by atoms with Gasteiger partial charge in [-0.05, 0) is 24.1 Å². The van der Waals surface area contributed by atoms with E-state index in [4.69, 9.17) is 9.84 Å². The van der Waals surface area contributed by atoms with Crippen LogP contribution in [0.5, 0.6) is 0 Å². The van der Waals surface area contributed by atoms with Crippen LogP contribution in [0.15, 0.2) is 18.3 Å². The molecule has 0 saturated heterocycles. The monoisotopic (exact) mass is 431 g/mol. The number of rotatable bonds is 4. The van der Waals surface area contributed by atoms with Crippen LogP contribution in [0.3, 0.4) is 0 Å². The molecule has 0 radical (unpaired) electrons. The number of nitrogens with zero attached hydrogens (tertiary/aromatic N) is 2. The van der Waals surface area contributed by atoms with E-state index in [0.29, 0.717) is 10.4 Å². The predicted molar refractivity (Wildman–Crippen MR) is 99.5 cm³/mol. The van der Waals surface area contributed by atoms with Gasteiger partial charge in [0, 0.05) is 11.1 Å². The van der Waals surface area contributed by atoms with Crippen LogP contribution in [-0.4, -0.2) is 62.9 Å². The maximum atomic E-state index is 12.6. The topological polar surface area (TPSA) is 163 Å². The summed E-state index contributed by atoms with van der Waals surface area (Å²) in [4.78, 5) is 64.6. The number of anilines is 1. The van der Waals surface area contributed by atoms with Crippen molar-refractivity contribution in [3.63, 3.8) is 0 Å². The Labute approximate surface area is 171 Å². The molecule has 4 rings (SSSR count). The van der Waals surface area contributed by atoms with E-state index in [0.717, 1.165) is 16.2 Å². The first-order valence-electron chi connectivity index (χ1n) is 8.65. The zero-order valence-electron chi connectivity index (χ0n) is 15.1. The SMILES string of the molecule is O=C(O)C(=O)Nc1sc2c(c1C(=O)O)CCOC2CN1C(=O)c2cccnc2C1=O. The number of amides is 3. The molecule has 0 aromatic carbocycles. The van der Waals surface area contributed by atoms with Crippen molar-refractivity contribution in [2.75, 3.05) is 18.5 Å². The van der Waals surface area contributed by atoms with Crippen molar-refractivity contribution < 1.29 is 38.9 Å². The van der Waals surface area contributed by atoms with E-state index in [1.54, 1.807) is 6.07 Å². The summed E-state index contributed by atoms with van der Waals surface area (Å²) in [7, 11) is 0. The van der Waals surface area contributed by atoms with Crippen LogP contribution in [0.1, 0.15) is 47.7 Å². The standard InChI is InChI=1S/C18H13N3O8S/c22-13(18(27)28)20-14-10(17(25)26)7-3-5-29-9(12(7)30-14)6-21-15(23)8-2-1-4-19-11(8)16(21)24/h1-2,4,9H,3,5-6H2,(H,20,22)(H,25,26)(H,27,28). The van der Waals surface area contributed by atoms with E-state index in [1.165, 1.54) is 12.3 Å². The van der Waals surface area contributed by atoms with Crippen LogP contribution < -0.4 is 5.32 Å². The Bertz CT molecular complexity index is 1090. The lowest BCUT2D eigenvalue weighted by atomic mass is 10.0. The molecule has 1 unspecified atom stereocenters. The zero-order valence-corrected chi connectivity index (χ0v) is 15.9. The summed E-state index contributed by atoms with van der Waals surface area (Å²) in [5.41, 5.74) is 0.358. The third-order valence-electron chi connectivity index (χ3n) is 4.72. The van der Waals surface area contributed by atoms with Crippen LogP contribution in [-0.2, 0) is 20.7 Å². The number of fused-ring (bicyclic) bond motifs is 2. The highest BCUT2D eigenvalue weighted by Crippen LogP contribution is 2.42. The first-order valence-corrected chi connectivity index (χ1v) is 9.47. The molecule has 4 heterocycles. The number of aromatic nitrogens is 1. The minimum absolute atomic E-state index is 0.0327. The minimum Gasteiger partial charge on any atom is -0.478 e. The van der Waals surface area contributed by atoms with E-state index in [9.17, 15) is 29.1 Å². The van der Waals surface area contributed by atoms with Crippen LogP contribution in [0.4, 0.5) is 5.00 Å². The predicted octanol–water partition coefficient (Wildman–Crippen LogP) is 0.774. The Morgan fingerprint density at radius 1 is 1.27 bits per heavy atom. The number of imide groups is 1. The van der Waals surface area contributed by atoms with Gasteiger partial charge in [-0.2, -0.15) is 0 Å². The van der Waals surface area contributed by atoms with Crippen molar-refractivity contribution in [3.05, 3.63) is 45.6 Å². The largest absolute Gasteiger partial charge is 0.478 e. The van der Waals surface area contributed by atoms with Gasteiger partial charge in [0.15, 0.2) is 0 Å². The molecule has 154 valence electrons. The van der Waals surface area contributed by atoms with Crippen molar-refractivity contribution >= 4 is 46.0 Å². The molecule has 12 heteroatoms. The van der Waals surface area contributed by atoms with Gasteiger partial charge in [0.05, 0.1) is 24.3 Å². The fraction of sp³-hybridized carbons (Fsp3) is 0.222. The molecular formula is C18H13N3O8S. The van der Waals surface area contributed by atoms with Crippen molar-refractivity contribution in [1.82, 2.24) is 9.88 Å². The molecule has 0 spiro atoms. The number of ether oxygens (including phenoxy) is 1. The average Bonchev–Trinajstić information content (AvgIpc) is 3.19. The fourth-order valence-corrected chi connectivity index (χ4v) is 4.70. The second-order valence-electron chi connectivity index (χ2n) is 6.44. The van der Waals surface area contributed by atoms with Gasteiger partial charge >= 0.3 is 17.8 Å². The quantitative estimate of drug-likeness (QED) is 0.469. The molecule has 30 heavy (non-hydrogen) atoms. The molecule has 1 atom stereocenters.